The lowest BCUT2D eigenvalue weighted by Crippen LogP contribution is -2.65. The average Bonchev–Trinajstić information content (AvgIpc) is 2.39. The number of methoxy groups -OCH3 is 1. The second-order valence-corrected chi connectivity index (χ2v) is 3.97. The number of hydrogen-bond donors (Lipinski definition) is 1. The largest absolute Gasteiger partial charge is 0.497 e. The van der Waals surface area contributed by atoms with Gasteiger partial charge < -0.3 is 4.74 Å². The molecule has 0 aliphatic rings. The van der Waals surface area contributed by atoms with Gasteiger partial charge in [-0.15, -0.1) is 0 Å². The second kappa shape index (κ2) is 4.89. The molecule has 3 N–H and O–H groups in total. The van der Waals surface area contributed by atoms with Gasteiger partial charge in [-0.05, 0) is 31.2 Å². The highest BCUT2D eigenvalue weighted by atomic mass is 16.5. The van der Waals surface area contributed by atoms with Gasteiger partial charge in [0.15, 0.2) is 0 Å². The standard InChI is InChI=1S/C14H16N2O/c1-11-6-8-12(9-7-11)16(15)13-4-3-5-14(10-13)17-2/h3-10H,15H2,1-2H3/p+1. The van der Waals surface area contributed by atoms with Crippen LogP contribution in [0.25, 0.3) is 0 Å². The van der Waals surface area contributed by atoms with Crippen molar-refractivity contribution in [3.8, 4) is 5.75 Å². The van der Waals surface area contributed by atoms with E-state index in [0.29, 0.717) is 0 Å². The summed E-state index contributed by atoms with van der Waals surface area (Å²) in [6.07, 6.45) is 0. The predicted molar refractivity (Wildman–Crippen MR) is 69.2 cm³/mol. The van der Waals surface area contributed by atoms with Crippen LogP contribution < -0.4 is 15.6 Å². The average molecular weight is 229 g/mol. The molecule has 2 aromatic rings. The minimum atomic E-state index is 0.836. The monoisotopic (exact) mass is 229 g/mol. The summed E-state index contributed by atoms with van der Waals surface area (Å²) in [6, 6.07) is 16.1. The third-order valence-electron chi connectivity index (χ3n) is 2.71. The number of aryl methyl sites for hydroxylation is 1. The van der Waals surface area contributed by atoms with E-state index in [1.54, 1.807) is 7.11 Å². The van der Waals surface area contributed by atoms with Crippen molar-refractivity contribution in [2.75, 3.05) is 12.1 Å². The predicted octanol–water partition coefficient (Wildman–Crippen LogP) is 2.30. The van der Waals surface area contributed by atoms with Crippen LogP contribution in [0.2, 0.25) is 0 Å². The minimum absolute atomic E-state index is 0.836. The van der Waals surface area contributed by atoms with Gasteiger partial charge in [-0.3, -0.25) is 5.84 Å². The number of hydrogen-bond acceptors (Lipinski definition) is 2. The molecule has 0 heterocycles. The molecule has 0 saturated heterocycles. The maximum Gasteiger partial charge on any atom is 0.121 e. The Bertz CT molecular complexity index is 494. The molecule has 0 aliphatic heterocycles. The molecule has 2 rings (SSSR count). The van der Waals surface area contributed by atoms with Gasteiger partial charge in [-0.25, -0.2) is 0 Å². The molecule has 3 nitrogen and oxygen atoms in total. The lowest BCUT2D eigenvalue weighted by molar-refractivity contribution is -0.371. The fourth-order valence-electron chi connectivity index (χ4n) is 1.65. The second-order valence-electron chi connectivity index (χ2n) is 3.97. The first-order valence-corrected chi connectivity index (χ1v) is 5.52. The highest BCUT2D eigenvalue weighted by molar-refractivity contribution is 5.61. The molecule has 88 valence electrons. The fraction of sp³-hybridized carbons (Fsp3) is 0.143. The van der Waals surface area contributed by atoms with E-state index in [1.807, 2.05) is 29.3 Å². The van der Waals surface area contributed by atoms with Crippen LogP contribution in [0.5, 0.6) is 5.75 Å². The van der Waals surface area contributed by atoms with Gasteiger partial charge in [0.05, 0.1) is 18.5 Å². The molecule has 2 aromatic carbocycles. The zero-order valence-electron chi connectivity index (χ0n) is 10.2. The molecular weight excluding hydrogens is 212 g/mol. The summed E-state index contributed by atoms with van der Waals surface area (Å²) in [6.45, 7) is 2.07. The van der Waals surface area contributed by atoms with Crippen molar-refractivity contribution in [3.63, 3.8) is 0 Å². The van der Waals surface area contributed by atoms with E-state index >= 15 is 0 Å². The zero-order chi connectivity index (χ0) is 12.3. The van der Waals surface area contributed by atoms with Crippen molar-refractivity contribution in [3.05, 3.63) is 54.1 Å². The maximum atomic E-state index is 5.21. The van der Waals surface area contributed by atoms with Crippen LogP contribution in [0.4, 0.5) is 11.4 Å². The smallest absolute Gasteiger partial charge is 0.121 e. The summed E-state index contributed by atoms with van der Waals surface area (Å²) in [7, 11) is 1.67. The Labute approximate surface area is 101 Å². The molecule has 0 aliphatic carbocycles. The van der Waals surface area contributed by atoms with E-state index in [4.69, 9.17) is 4.74 Å². The van der Waals surface area contributed by atoms with Crippen LogP contribution in [0.15, 0.2) is 48.5 Å². The van der Waals surface area contributed by atoms with Gasteiger partial charge in [-0.1, -0.05) is 23.8 Å². The number of rotatable bonds is 3. The first-order valence-electron chi connectivity index (χ1n) is 5.52. The van der Waals surface area contributed by atoms with Crippen LogP contribution in [-0.2, 0) is 0 Å². The van der Waals surface area contributed by atoms with Gasteiger partial charge in [0.25, 0.3) is 0 Å². The Balaban J connectivity index is 2.29. The van der Waals surface area contributed by atoms with Crippen molar-refractivity contribution in [2.45, 2.75) is 6.92 Å². The first kappa shape index (κ1) is 11.5. The maximum absolute atomic E-state index is 5.21. The van der Waals surface area contributed by atoms with Gasteiger partial charge in [-0.2, -0.15) is 5.01 Å². The minimum Gasteiger partial charge on any atom is -0.497 e. The molecule has 0 aromatic heterocycles. The SMILES string of the molecule is COc1cccc(N([NH3+])c2ccc(C)cc2)c1. The van der Waals surface area contributed by atoms with Crippen LogP contribution >= 0.6 is 0 Å². The quantitative estimate of drug-likeness (QED) is 0.820. The molecule has 0 atom stereocenters. The van der Waals surface area contributed by atoms with E-state index in [-0.39, 0.29) is 0 Å². The number of quaternary nitrogens is 1. The van der Waals surface area contributed by atoms with Crippen LogP contribution in [0.3, 0.4) is 0 Å². The number of benzene rings is 2. The molecular formula is C14H17N2O+. The summed E-state index contributed by atoms with van der Waals surface area (Å²) in [5.41, 5.74) is 3.31. The molecule has 0 saturated carbocycles. The highest BCUT2D eigenvalue weighted by Gasteiger charge is 2.08. The van der Waals surface area contributed by atoms with Crippen molar-refractivity contribution in [1.29, 1.82) is 0 Å². The molecule has 0 amide bonds. The Kier molecular flexibility index (Phi) is 3.30. The van der Waals surface area contributed by atoms with Gasteiger partial charge in [0.2, 0.25) is 0 Å². The van der Waals surface area contributed by atoms with Gasteiger partial charge >= 0.3 is 0 Å². The fourth-order valence-corrected chi connectivity index (χ4v) is 1.65. The van der Waals surface area contributed by atoms with E-state index in [1.165, 1.54) is 5.56 Å². The van der Waals surface area contributed by atoms with E-state index in [2.05, 4.69) is 37.0 Å². The van der Waals surface area contributed by atoms with Crippen molar-refractivity contribution in [1.82, 2.24) is 0 Å². The van der Waals surface area contributed by atoms with Crippen molar-refractivity contribution < 1.29 is 10.6 Å². The lowest BCUT2D eigenvalue weighted by atomic mass is 10.2. The summed E-state index contributed by atoms with van der Waals surface area (Å²) in [5, 5.41) is 1.89. The van der Waals surface area contributed by atoms with Crippen LogP contribution in [0.1, 0.15) is 5.56 Å². The Hall–Kier alpha value is -2.00. The summed E-state index contributed by atoms with van der Waals surface area (Å²) in [4.78, 5) is 0. The summed E-state index contributed by atoms with van der Waals surface area (Å²) < 4.78 is 5.21. The van der Waals surface area contributed by atoms with Gasteiger partial charge in [0, 0.05) is 6.07 Å². The molecule has 0 fully saturated rings. The molecule has 3 heteroatoms. The third-order valence-corrected chi connectivity index (χ3v) is 2.71. The highest BCUT2D eigenvalue weighted by Crippen LogP contribution is 2.24. The van der Waals surface area contributed by atoms with Crippen molar-refractivity contribution in [2.24, 2.45) is 0 Å². The Morgan fingerprint density at radius 3 is 2.35 bits per heavy atom. The summed E-state index contributed by atoms with van der Waals surface area (Å²) in [5.74, 6) is 4.90. The molecule has 0 radical (unpaired) electrons. The normalized spacial score (nSPS) is 10.1. The zero-order valence-corrected chi connectivity index (χ0v) is 10.2. The molecule has 0 bridgehead atoms. The Morgan fingerprint density at radius 1 is 1.00 bits per heavy atom. The number of ether oxygens (including phenoxy) is 1. The lowest BCUT2D eigenvalue weighted by Gasteiger charge is -2.15. The topological polar surface area (TPSA) is 40.1 Å². The third kappa shape index (κ3) is 2.57. The van der Waals surface area contributed by atoms with E-state index in [9.17, 15) is 0 Å². The van der Waals surface area contributed by atoms with Crippen molar-refractivity contribution >= 4 is 11.4 Å². The van der Waals surface area contributed by atoms with E-state index in [0.717, 1.165) is 17.1 Å². The van der Waals surface area contributed by atoms with Gasteiger partial charge in [0.1, 0.15) is 5.75 Å². The number of nitrogens with zero attached hydrogens (tertiary/aromatic N) is 1. The van der Waals surface area contributed by atoms with Crippen LogP contribution in [-0.4, -0.2) is 7.11 Å². The first-order chi connectivity index (χ1) is 8.20. The van der Waals surface area contributed by atoms with E-state index < -0.39 is 0 Å². The molecule has 0 unspecified atom stereocenters. The summed E-state index contributed by atoms with van der Waals surface area (Å²) >= 11 is 0. The molecule has 0 spiro atoms. The van der Waals surface area contributed by atoms with Crippen LogP contribution in [0, 0.1) is 6.92 Å². The number of anilines is 2. The molecule has 17 heavy (non-hydrogen) atoms. The Morgan fingerprint density at radius 2 is 1.71 bits per heavy atom.